The van der Waals surface area contributed by atoms with Gasteiger partial charge in [-0.05, 0) is 19.8 Å². The molecule has 0 atom stereocenters. The fourth-order valence-corrected chi connectivity index (χ4v) is 2.35. The van der Waals surface area contributed by atoms with Gasteiger partial charge in [-0.2, -0.15) is 0 Å². The molecule has 0 heterocycles. The number of rotatable bonds is 10. The summed E-state index contributed by atoms with van der Waals surface area (Å²) in [6.07, 6.45) is 1.94. The van der Waals surface area contributed by atoms with E-state index in [2.05, 4.69) is 11.9 Å². The zero-order chi connectivity index (χ0) is 15.8. The van der Waals surface area contributed by atoms with E-state index in [-0.39, 0.29) is 13.1 Å². The number of nitrogens with one attached hydrogen (secondary N) is 1. The van der Waals surface area contributed by atoms with Gasteiger partial charge < -0.3 is 14.4 Å². The number of hydrogen-bond donors (Lipinski definition) is 1. The summed E-state index contributed by atoms with van der Waals surface area (Å²) >= 11 is 0. The first-order valence-corrected chi connectivity index (χ1v) is 8.30. The van der Waals surface area contributed by atoms with Crippen molar-refractivity contribution in [3.63, 3.8) is 0 Å². The Morgan fingerprint density at radius 1 is 1.25 bits per heavy atom. The Morgan fingerprint density at radius 3 is 2.30 bits per heavy atom. The summed E-state index contributed by atoms with van der Waals surface area (Å²) in [7, 11) is 0.00263. The van der Waals surface area contributed by atoms with Gasteiger partial charge >= 0.3 is 0 Å². The summed E-state index contributed by atoms with van der Waals surface area (Å²) in [6, 6.07) is 0. The maximum atomic E-state index is 11.3. The van der Waals surface area contributed by atoms with Gasteiger partial charge in [-0.1, -0.05) is 6.58 Å². The van der Waals surface area contributed by atoms with Crippen LogP contribution < -0.4 is 5.32 Å². The molecule has 0 radical (unpaired) electrons. The van der Waals surface area contributed by atoms with Crippen molar-refractivity contribution in [1.82, 2.24) is 5.32 Å². The average molecular weight is 308 g/mol. The van der Waals surface area contributed by atoms with Crippen LogP contribution in [0.3, 0.4) is 0 Å². The zero-order valence-corrected chi connectivity index (χ0v) is 13.5. The van der Waals surface area contributed by atoms with Crippen LogP contribution in [-0.4, -0.2) is 62.8 Å². The summed E-state index contributed by atoms with van der Waals surface area (Å²) in [5.74, 6) is -0.419. The highest BCUT2D eigenvalue weighted by atomic mass is 32.2. The average Bonchev–Trinajstić information content (AvgIpc) is 2.29. The lowest BCUT2D eigenvalue weighted by Gasteiger charge is -2.30. The highest BCUT2D eigenvalue weighted by Crippen LogP contribution is 2.04. The van der Waals surface area contributed by atoms with Crippen LogP contribution in [0.4, 0.5) is 0 Å². The van der Waals surface area contributed by atoms with Crippen molar-refractivity contribution in [2.24, 2.45) is 0 Å². The largest absolute Gasteiger partial charge is 0.748 e. The molecule has 0 unspecified atom stereocenters. The fraction of sp³-hybridized carbons (Fsp3) is 0.769. The lowest BCUT2D eigenvalue weighted by atomic mass is 10.2. The SMILES string of the molecule is C=C(C)C(=O)NCCC[N+](C)(C)CCCCS(=O)(=O)[O-].[HH]. The van der Waals surface area contributed by atoms with E-state index in [1.54, 1.807) is 6.92 Å². The molecule has 7 heteroatoms. The van der Waals surface area contributed by atoms with E-state index in [1.807, 2.05) is 14.1 Å². The predicted octanol–water partition coefficient (Wildman–Crippen LogP) is 0.717. The van der Waals surface area contributed by atoms with Crippen molar-refractivity contribution < 1.29 is 23.7 Å². The Kier molecular flexibility index (Phi) is 8.00. The molecule has 0 rings (SSSR count). The first kappa shape index (κ1) is 19.1. The lowest BCUT2D eigenvalue weighted by molar-refractivity contribution is -0.890. The maximum absolute atomic E-state index is 11.3. The van der Waals surface area contributed by atoms with Crippen molar-refractivity contribution >= 4 is 16.0 Å². The van der Waals surface area contributed by atoms with E-state index < -0.39 is 10.1 Å². The second-order valence-electron chi connectivity index (χ2n) is 5.74. The first-order valence-electron chi connectivity index (χ1n) is 6.73. The third-order valence-corrected chi connectivity index (χ3v) is 3.81. The second-order valence-corrected chi connectivity index (χ2v) is 7.27. The van der Waals surface area contributed by atoms with Crippen LogP contribution in [0.25, 0.3) is 0 Å². The summed E-state index contributed by atoms with van der Waals surface area (Å²) < 4.78 is 32.2. The zero-order valence-electron chi connectivity index (χ0n) is 12.6. The quantitative estimate of drug-likeness (QED) is 0.279. The number of amides is 1. The van der Waals surface area contributed by atoms with E-state index in [4.69, 9.17) is 0 Å². The van der Waals surface area contributed by atoms with Gasteiger partial charge in [0.1, 0.15) is 0 Å². The molecule has 0 spiro atoms. The molecule has 0 bridgehead atoms. The first-order chi connectivity index (χ1) is 9.03. The number of unbranched alkanes of at least 4 members (excludes halogenated alkanes) is 1. The molecule has 0 aromatic heterocycles. The standard InChI is InChI=1S/C13H26N2O4S.H2/c1-12(2)13(16)14-8-7-10-15(3,4)9-5-6-11-20(17,18)19;/h1,5-11H2,2-4H3,(H-,14,16,17,18,19);1H. The molecule has 1 N–H and O–H groups in total. The van der Waals surface area contributed by atoms with Crippen LogP contribution in [0.5, 0.6) is 0 Å². The van der Waals surface area contributed by atoms with Gasteiger partial charge in [0, 0.05) is 25.7 Å². The Balaban J connectivity index is 0. The van der Waals surface area contributed by atoms with Crippen LogP contribution in [0.15, 0.2) is 12.2 Å². The molecule has 0 aromatic rings. The summed E-state index contributed by atoms with van der Waals surface area (Å²) in [5.41, 5.74) is 0.498. The van der Waals surface area contributed by atoms with Crippen LogP contribution in [0.1, 0.15) is 27.6 Å². The van der Waals surface area contributed by atoms with Crippen LogP contribution in [0.2, 0.25) is 0 Å². The summed E-state index contributed by atoms with van der Waals surface area (Å²) in [6.45, 7) is 7.51. The minimum atomic E-state index is -4.09. The molecule has 0 saturated carbocycles. The predicted molar refractivity (Wildman–Crippen MR) is 80.2 cm³/mol. The molecular formula is C13H28N2O4S. The van der Waals surface area contributed by atoms with Crippen LogP contribution in [0, 0.1) is 0 Å². The van der Waals surface area contributed by atoms with Crippen molar-refractivity contribution in [3.05, 3.63) is 12.2 Å². The second kappa shape index (κ2) is 8.39. The van der Waals surface area contributed by atoms with E-state index in [9.17, 15) is 17.8 Å². The van der Waals surface area contributed by atoms with E-state index >= 15 is 0 Å². The minimum Gasteiger partial charge on any atom is -0.748 e. The highest BCUT2D eigenvalue weighted by molar-refractivity contribution is 7.85. The topological polar surface area (TPSA) is 86.3 Å². The Hall–Kier alpha value is -0.920. The Bertz CT molecular complexity index is 435. The van der Waals surface area contributed by atoms with Gasteiger partial charge in [0.15, 0.2) is 0 Å². The molecule has 20 heavy (non-hydrogen) atoms. The van der Waals surface area contributed by atoms with Crippen molar-refractivity contribution in [3.8, 4) is 0 Å². The molecule has 0 aliphatic carbocycles. The fourth-order valence-electron chi connectivity index (χ4n) is 1.79. The van der Waals surface area contributed by atoms with Gasteiger partial charge in [0.2, 0.25) is 5.91 Å². The number of hydrogen-bond acceptors (Lipinski definition) is 4. The van der Waals surface area contributed by atoms with E-state index in [0.717, 1.165) is 24.0 Å². The Labute approximate surface area is 123 Å². The van der Waals surface area contributed by atoms with Gasteiger partial charge in [-0.3, -0.25) is 4.79 Å². The molecule has 0 fully saturated rings. The smallest absolute Gasteiger partial charge is 0.246 e. The minimum absolute atomic E-state index is 0. The highest BCUT2D eigenvalue weighted by Gasteiger charge is 2.14. The van der Waals surface area contributed by atoms with Crippen LogP contribution in [-0.2, 0) is 14.9 Å². The normalized spacial score (nSPS) is 12.2. The van der Waals surface area contributed by atoms with E-state index in [0.29, 0.717) is 25.0 Å². The lowest BCUT2D eigenvalue weighted by Crippen LogP contribution is -2.42. The third-order valence-electron chi connectivity index (χ3n) is 3.02. The maximum Gasteiger partial charge on any atom is 0.246 e. The van der Waals surface area contributed by atoms with Gasteiger partial charge in [0.05, 0.1) is 37.3 Å². The number of carbonyl (C=O) groups is 1. The molecule has 6 nitrogen and oxygen atoms in total. The van der Waals surface area contributed by atoms with Gasteiger partial charge in [0.25, 0.3) is 0 Å². The molecule has 120 valence electrons. The van der Waals surface area contributed by atoms with E-state index in [1.165, 1.54) is 0 Å². The molecule has 0 aromatic carbocycles. The number of quaternary nitrogens is 1. The number of carbonyl (C=O) groups excluding carboxylic acids is 1. The monoisotopic (exact) mass is 308 g/mol. The van der Waals surface area contributed by atoms with Crippen LogP contribution >= 0.6 is 0 Å². The van der Waals surface area contributed by atoms with Crippen molar-refractivity contribution in [2.75, 3.05) is 39.5 Å². The molecule has 1 amide bonds. The number of nitrogens with zero attached hydrogens (tertiary/aromatic N) is 1. The van der Waals surface area contributed by atoms with Crippen molar-refractivity contribution in [1.29, 1.82) is 0 Å². The molecule has 0 aliphatic heterocycles. The Morgan fingerprint density at radius 2 is 1.80 bits per heavy atom. The van der Waals surface area contributed by atoms with Gasteiger partial charge in [-0.25, -0.2) is 8.42 Å². The summed E-state index contributed by atoms with van der Waals surface area (Å²) in [4.78, 5) is 11.3. The molecule has 0 saturated heterocycles. The van der Waals surface area contributed by atoms with Gasteiger partial charge in [-0.15, -0.1) is 0 Å². The molecule has 0 aliphatic rings. The molecular weight excluding hydrogens is 280 g/mol. The summed E-state index contributed by atoms with van der Waals surface area (Å²) in [5, 5.41) is 2.77. The van der Waals surface area contributed by atoms with Crippen molar-refractivity contribution in [2.45, 2.75) is 26.2 Å². The third kappa shape index (κ3) is 11.0.